The normalized spacial score (nSPS) is 12.9. The van der Waals surface area contributed by atoms with Gasteiger partial charge in [-0.25, -0.2) is 18.4 Å². The second kappa shape index (κ2) is 10.2. The number of rotatable bonds is 7. The first kappa shape index (κ1) is 24.2. The Morgan fingerprint density at radius 3 is 1.95 bits per heavy atom. The first-order chi connectivity index (χ1) is 17.9. The summed E-state index contributed by atoms with van der Waals surface area (Å²) in [7, 11) is 0. The van der Waals surface area contributed by atoms with Crippen LogP contribution in [0, 0.1) is 11.6 Å². The molecule has 5 nitrogen and oxygen atoms in total. The van der Waals surface area contributed by atoms with Crippen molar-refractivity contribution in [2.75, 3.05) is 6.61 Å². The highest BCUT2D eigenvalue weighted by Crippen LogP contribution is 2.44. The number of aliphatic carboxylic acids is 1. The highest BCUT2D eigenvalue weighted by molar-refractivity contribution is 5.81. The molecule has 0 heterocycles. The highest BCUT2D eigenvalue weighted by atomic mass is 19.1. The Hall–Kier alpha value is -4.52. The van der Waals surface area contributed by atoms with Gasteiger partial charge < -0.3 is 15.2 Å². The van der Waals surface area contributed by atoms with E-state index in [4.69, 9.17) is 4.74 Å². The summed E-state index contributed by atoms with van der Waals surface area (Å²) in [5, 5.41) is 12.1. The predicted octanol–water partition coefficient (Wildman–Crippen LogP) is 6.17. The van der Waals surface area contributed by atoms with E-state index in [1.165, 1.54) is 12.1 Å². The number of alkyl carbamates (subject to hydrolysis) is 1. The van der Waals surface area contributed by atoms with Crippen molar-refractivity contribution < 1.29 is 28.2 Å². The first-order valence-corrected chi connectivity index (χ1v) is 11.8. The topological polar surface area (TPSA) is 75.6 Å². The van der Waals surface area contributed by atoms with Gasteiger partial charge in [-0.15, -0.1) is 0 Å². The minimum Gasteiger partial charge on any atom is -0.480 e. The summed E-state index contributed by atoms with van der Waals surface area (Å²) in [4.78, 5) is 24.4. The highest BCUT2D eigenvalue weighted by Gasteiger charge is 2.29. The summed E-state index contributed by atoms with van der Waals surface area (Å²) in [6.45, 7) is 0.0745. The molecule has 0 saturated heterocycles. The van der Waals surface area contributed by atoms with Gasteiger partial charge in [0, 0.05) is 18.4 Å². The number of carbonyl (C=O) groups is 2. The third-order valence-electron chi connectivity index (χ3n) is 6.52. The van der Waals surface area contributed by atoms with Gasteiger partial charge in [0.2, 0.25) is 0 Å². The number of amides is 1. The van der Waals surface area contributed by atoms with Gasteiger partial charge >= 0.3 is 12.1 Å². The molecule has 0 aromatic heterocycles. The van der Waals surface area contributed by atoms with Crippen molar-refractivity contribution in [3.05, 3.63) is 119 Å². The lowest BCUT2D eigenvalue weighted by Gasteiger charge is -2.17. The third-order valence-corrected chi connectivity index (χ3v) is 6.52. The molecule has 37 heavy (non-hydrogen) atoms. The van der Waals surface area contributed by atoms with E-state index in [1.54, 1.807) is 24.3 Å². The molecule has 7 heteroatoms. The average Bonchev–Trinajstić information content (AvgIpc) is 3.20. The van der Waals surface area contributed by atoms with Gasteiger partial charge in [0.05, 0.1) is 0 Å². The van der Waals surface area contributed by atoms with Crippen LogP contribution in [0.15, 0.2) is 91.0 Å². The monoisotopic (exact) mass is 499 g/mol. The first-order valence-electron chi connectivity index (χ1n) is 11.8. The molecule has 0 radical (unpaired) electrons. The largest absolute Gasteiger partial charge is 0.480 e. The zero-order valence-corrected chi connectivity index (χ0v) is 19.7. The number of carboxylic acids is 1. The van der Waals surface area contributed by atoms with Gasteiger partial charge in [0.15, 0.2) is 0 Å². The van der Waals surface area contributed by atoms with Gasteiger partial charge in [-0.1, -0.05) is 72.8 Å². The van der Waals surface area contributed by atoms with Crippen LogP contribution in [0.1, 0.15) is 22.6 Å². The fraction of sp³-hybridized carbons (Fsp3) is 0.133. The minimum absolute atomic E-state index is 0.0112. The molecule has 4 aromatic rings. The molecule has 1 aliphatic carbocycles. The van der Waals surface area contributed by atoms with E-state index >= 15 is 0 Å². The fourth-order valence-corrected chi connectivity index (χ4v) is 4.77. The Morgan fingerprint density at radius 2 is 1.38 bits per heavy atom. The Morgan fingerprint density at radius 1 is 0.811 bits per heavy atom. The zero-order chi connectivity index (χ0) is 25.9. The van der Waals surface area contributed by atoms with Crippen LogP contribution in [-0.2, 0) is 16.0 Å². The molecule has 2 N–H and O–H groups in total. The smallest absolute Gasteiger partial charge is 0.407 e. The molecule has 0 saturated carbocycles. The Kier molecular flexibility index (Phi) is 6.68. The second-order valence-corrected chi connectivity index (χ2v) is 8.92. The summed E-state index contributed by atoms with van der Waals surface area (Å²) in [5.41, 5.74) is 5.90. The number of fused-ring (bicyclic) bond motifs is 3. The van der Waals surface area contributed by atoms with Gasteiger partial charge in [0.25, 0.3) is 0 Å². The Labute approximate surface area is 212 Å². The minimum atomic E-state index is -1.21. The zero-order valence-electron chi connectivity index (χ0n) is 19.7. The van der Waals surface area contributed by atoms with Crippen LogP contribution in [0.25, 0.3) is 22.3 Å². The Bertz CT molecular complexity index is 1400. The van der Waals surface area contributed by atoms with Crippen LogP contribution in [0.2, 0.25) is 0 Å². The van der Waals surface area contributed by atoms with E-state index in [9.17, 15) is 23.5 Å². The second-order valence-electron chi connectivity index (χ2n) is 8.92. The number of benzene rings is 4. The maximum absolute atomic E-state index is 13.5. The summed E-state index contributed by atoms with van der Waals surface area (Å²) < 4.78 is 32.5. The van der Waals surface area contributed by atoms with Crippen molar-refractivity contribution in [1.82, 2.24) is 5.32 Å². The van der Waals surface area contributed by atoms with Crippen LogP contribution in [0.5, 0.6) is 0 Å². The fourth-order valence-electron chi connectivity index (χ4n) is 4.77. The lowest BCUT2D eigenvalue weighted by Crippen LogP contribution is -2.42. The molecule has 1 amide bonds. The number of ether oxygens (including phenoxy) is 1. The van der Waals surface area contributed by atoms with Crippen molar-refractivity contribution in [3.63, 3.8) is 0 Å². The van der Waals surface area contributed by atoms with Crippen LogP contribution in [-0.4, -0.2) is 29.8 Å². The molecule has 4 aromatic carbocycles. The summed E-state index contributed by atoms with van der Waals surface area (Å²) >= 11 is 0. The summed E-state index contributed by atoms with van der Waals surface area (Å²) in [6, 6.07) is 24.5. The van der Waals surface area contributed by atoms with Crippen LogP contribution < -0.4 is 5.32 Å². The van der Waals surface area contributed by atoms with Crippen molar-refractivity contribution in [3.8, 4) is 22.3 Å². The molecule has 1 atom stereocenters. The van der Waals surface area contributed by atoms with Crippen molar-refractivity contribution in [2.24, 2.45) is 0 Å². The maximum atomic E-state index is 13.5. The lowest BCUT2D eigenvalue weighted by molar-refractivity contribution is -0.139. The number of hydrogen-bond donors (Lipinski definition) is 2. The van der Waals surface area contributed by atoms with Gasteiger partial charge in [-0.3, -0.25) is 0 Å². The molecule has 1 unspecified atom stereocenters. The van der Waals surface area contributed by atoms with Crippen molar-refractivity contribution in [2.45, 2.75) is 18.4 Å². The lowest BCUT2D eigenvalue weighted by atomic mass is 9.98. The molecule has 0 bridgehead atoms. The molecule has 0 aliphatic heterocycles. The van der Waals surface area contributed by atoms with Gasteiger partial charge in [-0.2, -0.15) is 0 Å². The molecular formula is C30H23F2NO4. The molecule has 1 aliphatic rings. The number of carbonyl (C=O) groups excluding carboxylic acids is 1. The summed E-state index contributed by atoms with van der Waals surface area (Å²) in [5.74, 6) is -2.71. The molecule has 0 fully saturated rings. The van der Waals surface area contributed by atoms with Crippen LogP contribution >= 0.6 is 0 Å². The molecule has 0 spiro atoms. The number of carboxylic acid groups (broad SMARTS) is 1. The van der Waals surface area contributed by atoms with Gasteiger partial charge in [-0.05, 0) is 51.1 Å². The standard InChI is InChI=1S/C30H23F2NO4/c31-21-14-20(15-22(32)16-21)19-11-9-18(10-12-19)13-28(29(34)35)33-30(36)37-17-27-25-7-3-1-5-23(25)24-6-2-4-8-26(24)27/h1-12,14-16,27-28H,13,17H2,(H,33,36)(H,34,35). The van der Waals surface area contributed by atoms with E-state index in [0.29, 0.717) is 16.7 Å². The van der Waals surface area contributed by atoms with E-state index in [0.717, 1.165) is 28.3 Å². The SMILES string of the molecule is O=C(NC(Cc1ccc(-c2cc(F)cc(F)c2)cc1)C(=O)O)OCC1c2ccccc2-c2ccccc21. The summed E-state index contributed by atoms with van der Waals surface area (Å²) in [6.07, 6.45) is -0.807. The van der Waals surface area contributed by atoms with Crippen molar-refractivity contribution >= 4 is 12.1 Å². The quantitative estimate of drug-likeness (QED) is 0.319. The average molecular weight is 500 g/mol. The van der Waals surface area contributed by atoms with Crippen LogP contribution in [0.4, 0.5) is 13.6 Å². The molecular weight excluding hydrogens is 476 g/mol. The van der Waals surface area contributed by atoms with Gasteiger partial charge in [0.1, 0.15) is 24.3 Å². The number of halogens is 2. The Balaban J connectivity index is 1.23. The third kappa shape index (κ3) is 5.21. The predicted molar refractivity (Wildman–Crippen MR) is 135 cm³/mol. The molecule has 5 rings (SSSR count). The van der Waals surface area contributed by atoms with E-state index in [-0.39, 0.29) is 18.9 Å². The number of nitrogens with one attached hydrogen (secondary N) is 1. The van der Waals surface area contributed by atoms with E-state index in [1.807, 2.05) is 48.5 Å². The van der Waals surface area contributed by atoms with Crippen LogP contribution in [0.3, 0.4) is 0 Å². The van der Waals surface area contributed by atoms with E-state index in [2.05, 4.69) is 5.32 Å². The molecule has 186 valence electrons. The maximum Gasteiger partial charge on any atom is 0.407 e. The number of hydrogen-bond acceptors (Lipinski definition) is 3. The van der Waals surface area contributed by atoms with E-state index < -0.39 is 29.7 Å². The van der Waals surface area contributed by atoms with Crippen molar-refractivity contribution in [1.29, 1.82) is 0 Å².